The molecule has 1 aromatic heterocycles. The van der Waals surface area contributed by atoms with E-state index >= 15 is 0 Å². The molecule has 0 aliphatic carbocycles. The molecule has 0 saturated carbocycles. The molecule has 1 atom stereocenters. The topological polar surface area (TPSA) is 68.3 Å². The van der Waals surface area contributed by atoms with Gasteiger partial charge in [-0.25, -0.2) is 14.2 Å². The van der Waals surface area contributed by atoms with Crippen LogP contribution in [0.2, 0.25) is 0 Å². The first kappa shape index (κ1) is 18.1. The number of nitrogens with one attached hydrogen (secondary N) is 1. The van der Waals surface area contributed by atoms with Crippen LogP contribution in [-0.4, -0.2) is 29.5 Å². The van der Waals surface area contributed by atoms with E-state index in [9.17, 15) is 14.0 Å². The maximum atomic E-state index is 12.9. The minimum Gasteiger partial charge on any atom is -0.464 e. The first-order valence-electron chi connectivity index (χ1n) is 7.59. The van der Waals surface area contributed by atoms with E-state index in [4.69, 9.17) is 4.74 Å². The van der Waals surface area contributed by atoms with Gasteiger partial charge in [0.15, 0.2) is 0 Å². The van der Waals surface area contributed by atoms with Crippen molar-refractivity contribution in [2.45, 2.75) is 33.2 Å². The average Bonchev–Trinajstić information content (AvgIpc) is 2.90. The van der Waals surface area contributed by atoms with Gasteiger partial charge in [0.25, 0.3) is 5.91 Å². The number of carbonyl (C=O) groups excluding carboxylic acids is 2. The fourth-order valence-electron chi connectivity index (χ4n) is 2.10. The van der Waals surface area contributed by atoms with Gasteiger partial charge in [0, 0.05) is 6.42 Å². The lowest BCUT2D eigenvalue weighted by molar-refractivity contribution is -0.144. The highest BCUT2D eigenvalue weighted by Crippen LogP contribution is 2.21. The van der Waals surface area contributed by atoms with Crippen molar-refractivity contribution in [3.63, 3.8) is 0 Å². The Labute approximate surface area is 143 Å². The highest BCUT2D eigenvalue weighted by Gasteiger charge is 2.21. The Morgan fingerprint density at radius 2 is 2.00 bits per heavy atom. The second-order valence-corrected chi connectivity index (χ2v) is 6.36. The summed E-state index contributed by atoms with van der Waals surface area (Å²) >= 11 is 1.26. The lowest BCUT2D eigenvalue weighted by Crippen LogP contribution is -2.39. The van der Waals surface area contributed by atoms with Crippen molar-refractivity contribution in [1.82, 2.24) is 10.3 Å². The van der Waals surface area contributed by atoms with E-state index in [0.717, 1.165) is 10.6 Å². The molecule has 1 unspecified atom stereocenters. The molecular weight excluding hydrogens is 331 g/mol. The summed E-state index contributed by atoms with van der Waals surface area (Å²) in [5.41, 5.74) is 1.52. The smallest absolute Gasteiger partial charge is 0.328 e. The van der Waals surface area contributed by atoms with Crippen molar-refractivity contribution >= 4 is 23.2 Å². The standard InChI is InChI=1S/C17H19FN2O3S/c1-4-23-17(22)11(3)20-16(21)15-10(2)19-14(24-15)9-12-5-7-13(18)8-6-12/h5-8,11H,4,9H2,1-3H3,(H,20,21). The molecule has 0 saturated heterocycles. The molecule has 7 heteroatoms. The highest BCUT2D eigenvalue weighted by atomic mass is 32.1. The number of esters is 1. The lowest BCUT2D eigenvalue weighted by Gasteiger charge is -2.11. The quantitative estimate of drug-likeness (QED) is 0.814. The number of hydrogen-bond acceptors (Lipinski definition) is 5. The van der Waals surface area contributed by atoms with Crippen LogP contribution >= 0.6 is 11.3 Å². The van der Waals surface area contributed by atoms with Crippen molar-refractivity contribution in [3.05, 3.63) is 51.2 Å². The number of halogens is 1. The molecule has 2 aromatic rings. The number of benzene rings is 1. The van der Waals surface area contributed by atoms with Gasteiger partial charge in [-0.05, 0) is 38.5 Å². The van der Waals surface area contributed by atoms with E-state index in [1.807, 2.05) is 0 Å². The Bertz CT molecular complexity index is 728. The zero-order chi connectivity index (χ0) is 17.7. The van der Waals surface area contributed by atoms with E-state index in [-0.39, 0.29) is 18.3 Å². The van der Waals surface area contributed by atoms with Crippen molar-refractivity contribution in [1.29, 1.82) is 0 Å². The zero-order valence-corrected chi connectivity index (χ0v) is 14.6. The van der Waals surface area contributed by atoms with Crippen molar-refractivity contribution in [2.24, 2.45) is 0 Å². The van der Waals surface area contributed by atoms with Gasteiger partial charge in [0.05, 0.1) is 17.3 Å². The van der Waals surface area contributed by atoms with E-state index < -0.39 is 12.0 Å². The number of aryl methyl sites for hydroxylation is 1. The molecule has 1 aromatic carbocycles. The molecule has 128 valence electrons. The van der Waals surface area contributed by atoms with Gasteiger partial charge in [-0.2, -0.15) is 0 Å². The van der Waals surface area contributed by atoms with Crippen LogP contribution in [0.1, 0.15) is 39.8 Å². The van der Waals surface area contributed by atoms with Gasteiger partial charge in [-0.15, -0.1) is 11.3 Å². The van der Waals surface area contributed by atoms with Crippen LogP contribution in [0.3, 0.4) is 0 Å². The second-order valence-electron chi connectivity index (χ2n) is 5.27. The van der Waals surface area contributed by atoms with Gasteiger partial charge >= 0.3 is 5.97 Å². The summed E-state index contributed by atoms with van der Waals surface area (Å²) in [6, 6.07) is 5.44. The minimum absolute atomic E-state index is 0.264. The van der Waals surface area contributed by atoms with Crippen LogP contribution < -0.4 is 5.32 Å². The molecule has 0 radical (unpaired) electrons. The largest absolute Gasteiger partial charge is 0.464 e. The summed E-state index contributed by atoms with van der Waals surface area (Å²) in [5.74, 6) is -1.11. The van der Waals surface area contributed by atoms with E-state index in [1.54, 1.807) is 32.9 Å². The third-order valence-electron chi connectivity index (χ3n) is 3.30. The molecule has 1 amide bonds. The Morgan fingerprint density at radius 1 is 1.33 bits per heavy atom. The molecule has 0 bridgehead atoms. The molecule has 0 fully saturated rings. The number of aromatic nitrogens is 1. The highest BCUT2D eigenvalue weighted by molar-refractivity contribution is 7.13. The van der Waals surface area contributed by atoms with E-state index in [2.05, 4.69) is 10.3 Å². The predicted octanol–water partition coefficient (Wildman–Crippen LogP) is 2.86. The summed E-state index contributed by atoms with van der Waals surface area (Å²) in [4.78, 5) is 28.7. The van der Waals surface area contributed by atoms with E-state index in [1.165, 1.54) is 23.5 Å². The number of carbonyl (C=O) groups is 2. The molecule has 24 heavy (non-hydrogen) atoms. The number of ether oxygens (including phenoxy) is 1. The van der Waals surface area contributed by atoms with Crippen molar-refractivity contribution in [2.75, 3.05) is 6.61 Å². The van der Waals surface area contributed by atoms with Crippen LogP contribution in [0.5, 0.6) is 0 Å². The zero-order valence-electron chi connectivity index (χ0n) is 13.8. The monoisotopic (exact) mass is 350 g/mol. The van der Waals surface area contributed by atoms with Crippen molar-refractivity contribution in [3.8, 4) is 0 Å². The van der Waals surface area contributed by atoms with Crippen LogP contribution in [0.25, 0.3) is 0 Å². The minimum atomic E-state index is -0.723. The SMILES string of the molecule is CCOC(=O)C(C)NC(=O)c1sc(Cc2ccc(F)cc2)nc1C. The molecule has 1 heterocycles. The maximum absolute atomic E-state index is 12.9. The molecule has 1 N–H and O–H groups in total. The Kier molecular flexibility index (Phi) is 6.03. The van der Waals surface area contributed by atoms with Gasteiger partial charge < -0.3 is 10.1 Å². The summed E-state index contributed by atoms with van der Waals surface area (Å²) in [7, 11) is 0. The fourth-order valence-corrected chi connectivity index (χ4v) is 3.11. The Morgan fingerprint density at radius 3 is 2.62 bits per heavy atom. The number of hydrogen-bond donors (Lipinski definition) is 1. The third-order valence-corrected chi connectivity index (χ3v) is 4.46. The molecule has 0 spiro atoms. The number of thiazole rings is 1. The Hall–Kier alpha value is -2.28. The lowest BCUT2D eigenvalue weighted by atomic mass is 10.1. The van der Waals surface area contributed by atoms with Crippen LogP contribution in [0, 0.1) is 12.7 Å². The van der Waals surface area contributed by atoms with E-state index in [0.29, 0.717) is 17.0 Å². The summed E-state index contributed by atoms with van der Waals surface area (Å²) < 4.78 is 17.8. The van der Waals surface area contributed by atoms with Crippen LogP contribution in [-0.2, 0) is 16.0 Å². The fraction of sp³-hybridized carbons (Fsp3) is 0.353. The van der Waals surface area contributed by atoms with Crippen LogP contribution in [0.15, 0.2) is 24.3 Å². The number of nitrogens with zero attached hydrogens (tertiary/aromatic N) is 1. The summed E-state index contributed by atoms with van der Waals surface area (Å²) in [6.45, 7) is 5.29. The van der Waals surface area contributed by atoms with Gasteiger partial charge in [-0.3, -0.25) is 4.79 Å². The summed E-state index contributed by atoms with van der Waals surface area (Å²) in [5, 5.41) is 3.37. The first-order valence-corrected chi connectivity index (χ1v) is 8.40. The van der Waals surface area contributed by atoms with Gasteiger partial charge in [0.1, 0.15) is 16.7 Å². The number of amides is 1. The van der Waals surface area contributed by atoms with Crippen molar-refractivity contribution < 1.29 is 18.7 Å². The predicted molar refractivity (Wildman–Crippen MR) is 89.6 cm³/mol. The van der Waals surface area contributed by atoms with Crippen LogP contribution in [0.4, 0.5) is 4.39 Å². The number of rotatable bonds is 6. The molecule has 0 aliphatic heterocycles. The average molecular weight is 350 g/mol. The van der Waals surface area contributed by atoms with Gasteiger partial charge in [-0.1, -0.05) is 12.1 Å². The third kappa shape index (κ3) is 4.61. The summed E-state index contributed by atoms with van der Waals surface area (Å²) in [6.07, 6.45) is 0.520. The maximum Gasteiger partial charge on any atom is 0.328 e. The molecular formula is C17H19FN2O3S. The molecule has 5 nitrogen and oxygen atoms in total. The molecule has 2 rings (SSSR count). The second kappa shape index (κ2) is 8.01. The first-order chi connectivity index (χ1) is 11.4. The Balaban J connectivity index is 2.06. The molecule has 0 aliphatic rings. The van der Waals surface area contributed by atoms with Gasteiger partial charge in [0.2, 0.25) is 0 Å². The normalized spacial score (nSPS) is 11.8.